The minimum Gasteiger partial charge on any atom is -0.387 e. The lowest BCUT2D eigenvalue weighted by Gasteiger charge is -2.29. The Morgan fingerprint density at radius 3 is 2.56 bits per heavy atom. The topological polar surface area (TPSA) is 54.4 Å². The number of nitrogens with one attached hydrogen (secondary N) is 1. The fourth-order valence-electron chi connectivity index (χ4n) is 4.11. The molecule has 0 spiro atoms. The van der Waals surface area contributed by atoms with Crippen molar-refractivity contribution in [2.24, 2.45) is 5.92 Å². The van der Waals surface area contributed by atoms with Crippen molar-refractivity contribution in [3.63, 3.8) is 0 Å². The molecule has 3 rings (SSSR count). The molecule has 7 heteroatoms. The molecule has 1 aromatic heterocycles. The first-order valence-corrected chi connectivity index (χ1v) is 8.73. The first-order valence-electron chi connectivity index (χ1n) is 8.73. The van der Waals surface area contributed by atoms with Crippen LogP contribution in [0.2, 0.25) is 0 Å². The largest absolute Gasteiger partial charge is 0.387 e. The minimum atomic E-state index is -0.688. The standard InChI is InChI=1S/C18H27FN2O2.2ClH/c1-23-16-5-2-12(3-6-16)8-15-4-7-17(21-15)18(22)13-9-14(19)11-20-10-13;;/h9-12,15-18,21-22H,2-8H2,1H3;2*1H/t12?,15-,16?,17-,18-;;/m1../s1. The van der Waals surface area contributed by atoms with Crippen LogP contribution in [-0.2, 0) is 4.74 Å². The highest BCUT2D eigenvalue weighted by Gasteiger charge is 2.32. The Morgan fingerprint density at radius 2 is 1.92 bits per heavy atom. The van der Waals surface area contributed by atoms with Gasteiger partial charge in [-0.2, -0.15) is 0 Å². The zero-order valence-corrected chi connectivity index (χ0v) is 16.2. The molecule has 0 amide bonds. The normalized spacial score (nSPS) is 30.2. The quantitative estimate of drug-likeness (QED) is 0.796. The van der Waals surface area contributed by atoms with Crippen LogP contribution >= 0.6 is 24.8 Å². The fourth-order valence-corrected chi connectivity index (χ4v) is 4.11. The second-order valence-corrected chi connectivity index (χ2v) is 7.04. The summed E-state index contributed by atoms with van der Waals surface area (Å²) < 4.78 is 18.7. The van der Waals surface area contributed by atoms with E-state index in [1.165, 1.54) is 25.3 Å². The van der Waals surface area contributed by atoms with Crippen LogP contribution in [0.3, 0.4) is 0 Å². The Bertz CT molecular complexity index is 516. The van der Waals surface area contributed by atoms with Gasteiger partial charge in [-0.1, -0.05) is 0 Å². The minimum absolute atomic E-state index is 0. The van der Waals surface area contributed by atoms with E-state index in [1.807, 2.05) is 0 Å². The van der Waals surface area contributed by atoms with E-state index in [0.29, 0.717) is 17.7 Å². The van der Waals surface area contributed by atoms with E-state index in [1.54, 1.807) is 13.3 Å². The van der Waals surface area contributed by atoms with Crippen molar-refractivity contribution in [2.75, 3.05) is 7.11 Å². The van der Waals surface area contributed by atoms with Crippen molar-refractivity contribution in [1.82, 2.24) is 10.3 Å². The van der Waals surface area contributed by atoms with Crippen molar-refractivity contribution in [2.45, 2.75) is 69.2 Å². The molecule has 3 atom stereocenters. The smallest absolute Gasteiger partial charge is 0.141 e. The van der Waals surface area contributed by atoms with Crippen LogP contribution in [0.25, 0.3) is 0 Å². The van der Waals surface area contributed by atoms with E-state index < -0.39 is 11.9 Å². The molecule has 2 aliphatic rings. The van der Waals surface area contributed by atoms with Crippen LogP contribution in [0.4, 0.5) is 4.39 Å². The number of methoxy groups -OCH3 is 1. The summed E-state index contributed by atoms with van der Waals surface area (Å²) in [6.45, 7) is 0. The van der Waals surface area contributed by atoms with Crippen molar-refractivity contribution in [3.05, 3.63) is 29.8 Å². The number of aliphatic hydroxyl groups is 1. The number of hydrogen-bond donors (Lipinski definition) is 2. The second kappa shape index (κ2) is 10.6. The third kappa shape index (κ3) is 6.04. The lowest BCUT2D eigenvalue weighted by molar-refractivity contribution is 0.0538. The summed E-state index contributed by atoms with van der Waals surface area (Å²) in [5.74, 6) is 0.358. The Labute approximate surface area is 161 Å². The number of hydrogen-bond acceptors (Lipinski definition) is 4. The average Bonchev–Trinajstić information content (AvgIpc) is 3.03. The number of nitrogens with zero attached hydrogens (tertiary/aromatic N) is 1. The van der Waals surface area contributed by atoms with E-state index in [4.69, 9.17) is 4.74 Å². The number of aliphatic hydroxyl groups excluding tert-OH is 1. The summed E-state index contributed by atoms with van der Waals surface area (Å²) in [5.41, 5.74) is 0.559. The molecule has 144 valence electrons. The number of pyridine rings is 1. The number of ether oxygens (including phenoxy) is 1. The highest BCUT2D eigenvalue weighted by molar-refractivity contribution is 5.85. The molecule has 4 nitrogen and oxygen atoms in total. The van der Waals surface area contributed by atoms with Gasteiger partial charge in [0, 0.05) is 31.0 Å². The molecule has 1 aliphatic carbocycles. The van der Waals surface area contributed by atoms with Gasteiger partial charge in [0.2, 0.25) is 0 Å². The lowest BCUT2D eigenvalue weighted by atomic mass is 9.83. The summed E-state index contributed by atoms with van der Waals surface area (Å²) in [6, 6.07) is 1.83. The molecule has 1 aromatic rings. The van der Waals surface area contributed by atoms with Gasteiger partial charge in [0.15, 0.2) is 0 Å². The first-order chi connectivity index (χ1) is 11.2. The van der Waals surface area contributed by atoms with Gasteiger partial charge in [-0.15, -0.1) is 24.8 Å². The highest BCUT2D eigenvalue weighted by Crippen LogP contribution is 2.33. The predicted molar refractivity (Wildman–Crippen MR) is 101 cm³/mol. The molecule has 1 aliphatic heterocycles. The van der Waals surface area contributed by atoms with E-state index >= 15 is 0 Å². The average molecular weight is 395 g/mol. The SMILES string of the molecule is COC1CCC(C[C@H]2CC[C@H]([C@H](O)c3cncc(F)c3)N2)CC1.Cl.Cl. The predicted octanol–water partition coefficient (Wildman–Crippen LogP) is 3.81. The van der Waals surface area contributed by atoms with Crippen LogP contribution in [0.1, 0.15) is 56.6 Å². The van der Waals surface area contributed by atoms with E-state index in [2.05, 4.69) is 10.3 Å². The molecule has 0 bridgehead atoms. The van der Waals surface area contributed by atoms with Gasteiger partial charge < -0.3 is 15.2 Å². The molecule has 0 unspecified atom stereocenters. The zero-order chi connectivity index (χ0) is 16.2. The molecule has 0 aromatic carbocycles. The molecule has 1 saturated carbocycles. The van der Waals surface area contributed by atoms with E-state index in [9.17, 15) is 9.50 Å². The fraction of sp³-hybridized carbons (Fsp3) is 0.722. The van der Waals surface area contributed by atoms with Gasteiger partial charge in [-0.05, 0) is 56.9 Å². The summed E-state index contributed by atoms with van der Waals surface area (Å²) in [7, 11) is 1.80. The Kier molecular flexibility index (Phi) is 9.60. The third-order valence-corrected chi connectivity index (χ3v) is 5.47. The van der Waals surface area contributed by atoms with Crippen molar-refractivity contribution in [3.8, 4) is 0 Å². The number of halogens is 3. The molecule has 1 saturated heterocycles. The van der Waals surface area contributed by atoms with Gasteiger partial charge >= 0.3 is 0 Å². The van der Waals surface area contributed by atoms with Crippen LogP contribution in [0.5, 0.6) is 0 Å². The van der Waals surface area contributed by atoms with Gasteiger partial charge in [0.25, 0.3) is 0 Å². The Balaban J connectivity index is 0.00000156. The van der Waals surface area contributed by atoms with Gasteiger partial charge in [-0.25, -0.2) is 4.39 Å². The molecule has 2 fully saturated rings. The van der Waals surface area contributed by atoms with Crippen LogP contribution in [-0.4, -0.2) is 35.4 Å². The Hall–Kier alpha value is -0.460. The first kappa shape index (κ1) is 22.6. The summed E-state index contributed by atoms with van der Waals surface area (Å²) >= 11 is 0. The number of rotatable bonds is 5. The van der Waals surface area contributed by atoms with Crippen LogP contribution in [0.15, 0.2) is 18.5 Å². The molecular formula is C18H29Cl2FN2O2. The molecule has 2 heterocycles. The van der Waals surface area contributed by atoms with Crippen molar-refractivity contribution in [1.29, 1.82) is 0 Å². The summed E-state index contributed by atoms with van der Waals surface area (Å²) in [5, 5.41) is 14.0. The van der Waals surface area contributed by atoms with Crippen molar-refractivity contribution < 1.29 is 14.2 Å². The lowest BCUT2D eigenvalue weighted by Crippen LogP contribution is -2.35. The maximum Gasteiger partial charge on any atom is 0.141 e. The van der Waals surface area contributed by atoms with Gasteiger partial charge in [-0.3, -0.25) is 4.98 Å². The Morgan fingerprint density at radius 1 is 1.20 bits per heavy atom. The molecule has 25 heavy (non-hydrogen) atoms. The monoisotopic (exact) mass is 394 g/mol. The van der Waals surface area contributed by atoms with E-state index in [0.717, 1.165) is 37.8 Å². The van der Waals surface area contributed by atoms with Crippen LogP contribution < -0.4 is 5.32 Å². The third-order valence-electron chi connectivity index (χ3n) is 5.47. The van der Waals surface area contributed by atoms with Crippen molar-refractivity contribution >= 4 is 24.8 Å². The van der Waals surface area contributed by atoms with Crippen LogP contribution in [0, 0.1) is 11.7 Å². The molecular weight excluding hydrogens is 366 g/mol. The van der Waals surface area contributed by atoms with E-state index in [-0.39, 0.29) is 30.9 Å². The molecule has 2 N–H and O–H groups in total. The molecule has 0 radical (unpaired) electrons. The summed E-state index contributed by atoms with van der Waals surface area (Å²) in [6.07, 6.45) is 10.4. The van der Waals surface area contributed by atoms with Gasteiger partial charge in [0.05, 0.1) is 18.4 Å². The summed E-state index contributed by atoms with van der Waals surface area (Å²) in [4.78, 5) is 3.83. The maximum atomic E-state index is 13.3. The zero-order valence-electron chi connectivity index (χ0n) is 14.6. The van der Waals surface area contributed by atoms with Gasteiger partial charge in [0.1, 0.15) is 5.82 Å². The second-order valence-electron chi connectivity index (χ2n) is 7.04. The number of aromatic nitrogens is 1. The maximum absolute atomic E-state index is 13.3. The highest BCUT2D eigenvalue weighted by atomic mass is 35.5.